The van der Waals surface area contributed by atoms with Gasteiger partial charge in [-0.05, 0) is 36.8 Å². The van der Waals surface area contributed by atoms with Crippen LogP contribution >= 0.6 is 0 Å². The smallest absolute Gasteiger partial charge is 0.157 e. The van der Waals surface area contributed by atoms with Gasteiger partial charge in [0.1, 0.15) is 17.7 Å². The predicted molar refractivity (Wildman–Crippen MR) is 121 cm³/mol. The van der Waals surface area contributed by atoms with E-state index in [4.69, 9.17) is 4.98 Å². The lowest BCUT2D eigenvalue weighted by molar-refractivity contribution is 0.639. The Kier molecular flexibility index (Phi) is 4.36. The van der Waals surface area contributed by atoms with Gasteiger partial charge in [0, 0.05) is 37.9 Å². The highest BCUT2D eigenvalue weighted by atomic mass is 15.3. The highest BCUT2D eigenvalue weighted by molar-refractivity contribution is 5.88. The van der Waals surface area contributed by atoms with Crippen LogP contribution in [0.25, 0.3) is 22.8 Å². The highest BCUT2D eigenvalue weighted by Crippen LogP contribution is 2.34. The van der Waals surface area contributed by atoms with Crippen LogP contribution < -0.4 is 9.80 Å². The van der Waals surface area contributed by atoms with Crippen molar-refractivity contribution in [2.75, 3.05) is 36.0 Å². The average Bonchev–Trinajstić information content (AvgIpc) is 3.18. The predicted octanol–water partition coefficient (Wildman–Crippen LogP) is 4.03. The van der Waals surface area contributed by atoms with Crippen LogP contribution in [-0.2, 0) is 0 Å². The number of imidazole rings is 1. The van der Waals surface area contributed by atoms with Crippen molar-refractivity contribution in [3.8, 4) is 6.07 Å². The summed E-state index contributed by atoms with van der Waals surface area (Å²) in [7, 11) is 0. The fourth-order valence-electron chi connectivity index (χ4n) is 4.38. The second kappa shape index (κ2) is 7.20. The van der Waals surface area contributed by atoms with Gasteiger partial charge in [-0.15, -0.1) is 0 Å². The lowest BCUT2D eigenvalue weighted by Gasteiger charge is -2.38. The first-order chi connectivity index (χ1) is 14.7. The number of pyridine rings is 2. The lowest BCUT2D eigenvalue weighted by atomic mass is 10.0. The largest absolute Gasteiger partial charge is 0.354 e. The van der Waals surface area contributed by atoms with E-state index in [2.05, 4.69) is 44.0 Å². The number of piperazine rings is 1. The quantitative estimate of drug-likeness (QED) is 0.525. The summed E-state index contributed by atoms with van der Waals surface area (Å²) in [6.45, 7) is 9.51. The lowest BCUT2D eigenvalue weighted by Crippen LogP contribution is -2.47. The first-order valence-electron chi connectivity index (χ1n) is 10.1. The summed E-state index contributed by atoms with van der Waals surface area (Å²) >= 11 is 0. The Labute approximate surface area is 175 Å². The van der Waals surface area contributed by atoms with E-state index < -0.39 is 0 Å². The van der Waals surface area contributed by atoms with Crippen molar-refractivity contribution in [3.05, 3.63) is 71.9 Å². The van der Waals surface area contributed by atoms with Crippen LogP contribution in [0.5, 0.6) is 0 Å². The molecule has 0 radical (unpaired) electrons. The summed E-state index contributed by atoms with van der Waals surface area (Å²) in [6, 6.07) is 16.4. The molecule has 1 aliphatic heterocycles. The van der Waals surface area contributed by atoms with E-state index >= 15 is 0 Å². The van der Waals surface area contributed by atoms with E-state index in [1.165, 1.54) is 0 Å². The summed E-state index contributed by atoms with van der Waals surface area (Å²) in [5.74, 6) is 2.07. The molecule has 1 aromatic carbocycles. The third kappa shape index (κ3) is 2.71. The molecule has 0 amide bonds. The first-order valence-corrected chi connectivity index (χ1v) is 10.1. The highest BCUT2D eigenvalue weighted by Gasteiger charge is 2.26. The van der Waals surface area contributed by atoms with Gasteiger partial charge in [0.05, 0.1) is 16.6 Å². The van der Waals surface area contributed by atoms with Crippen LogP contribution in [0.15, 0.2) is 55.2 Å². The number of fused-ring (bicyclic) bond motifs is 3. The van der Waals surface area contributed by atoms with Crippen molar-refractivity contribution in [3.63, 3.8) is 0 Å². The fourth-order valence-corrected chi connectivity index (χ4v) is 4.38. The number of aromatic nitrogens is 3. The van der Waals surface area contributed by atoms with Gasteiger partial charge >= 0.3 is 0 Å². The molecular weight excluding hydrogens is 372 g/mol. The SMILES string of the molecule is C=Cc1c(C)c(C#N)c2nc3ccccc3n2c1N1CCN(c2ccccn2)CC1. The molecule has 0 aliphatic carbocycles. The molecular formula is C24H22N6. The second-order valence-electron chi connectivity index (χ2n) is 7.47. The van der Waals surface area contributed by atoms with E-state index in [0.29, 0.717) is 11.2 Å². The summed E-state index contributed by atoms with van der Waals surface area (Å²) < 4.78 is 2.13. The molecule has 6 heteroatoms. The minimum atomic E-state index is 0.608. The van der Waals surface area contributed by atoms with Gasteiger partial charge in [-0.2, -0.15) is 5.26 Å². The molecule has 3 aromatic heterocycles. The Morgan fingerprint density at radius 2 is 1.77 bits per heavy atom. The molecule has 0 N–H and O–H groups in total. The van der Waals surface area contributed by atoms with Gasteiger partial charge in [-0.25, -0.2) is 9.97 Å². The Hall–Kier alpha value is -3.85. The van der Waals surface area contributed by atoms with Crippen molar-refractivity contribution in [2.24, 2.45) is 0 Å². The number of para-hydroxylation sites is 2. The van der Waals surface area contributed by atoms with Crippen LogP contribution in [0, 0.1) is 18.3 Å². The number of nitriles is 1. The number of benzene rings is 1. The second-order valence-corrected chi connectivity index (χ2v) is 7.47. The summed E-state index contributed by atoms with van der Waals surface area (Å²) in [6.07, 6.45) is 3.70. The molecule has 0 atom stereocenters. The molecule has 0 unspecified atom stereocenters. The van der Waals surface area contributed by atoms with Crippen LogP contribution in [0.3, 0.4) is 0 Å². The fraction of sp³-hybridized carbons (Fsp3) is 0.208. The third-order valence-corrected chi connectivity index (χ3v) is 5.88. The number of rotatable bonds is 3. The molecule has 30 heavy (non-hydrogen) atoms. The number of nitrogens with zero attached hydrogens (tertiary/aromatic N) is 6. The van der Waals surface area contributed by atoms with Crippen LogP contribution in [0.4, 0.5) is 11.6 Å². The average molecular weight is 394 g/mol. The Balaban J connectivity index is 1.66. The van der Waals surface area contributed by atoms with Gasteiger partial charge < -0.3 is 9.80 Å². The number of anilines is 2. The van der Waals surface area contributed by atoms with Crippen LogP contribution in [0.2, 0.25) is 0 Å². The molecule has 1 fully saturated rings. The van der Waals surface area contributed by atoms with E-state index in [-0.39, 0.29) is 0 Å². The number of hydrogen-bond donors (Lipinski definition) is 0. The van der Waals surface area contributed by atoms with Gasteiger partial charge in [-0.3, -0.25) is 4.40 Å². The normalized spacial score (nSPS) is 14.3. The molecule has 1 aliphatic rings. The van der Waals surface area contributed by atoms with Crippen molar-refractivity contribution >= 4 is 34.4 Å². The Morgan fingerprint density at radius 1 is 1.03 bits per heavy atom. The minimum Gasteiger partial charge on any atom is -0.354 e. The summed E-state index contributed by atoms with van der Waals surface area (Å²) in [5, 5.41) is 9.86. The van der Waals surface area contributed by atoms with Crippen molar-refractivity contribution in [1.82, 2.24) is 14.4 Å². The van der Waals surface area contributed by atoms with Crippen molar-refractivity contribution in [2.45, 2.75) is 6.92 Å². The zero-order valence-electron chi connectivity index (χ0n) is 16.9. The molecule has 0 spiro atoms. The number of hydrogen-bond acceptors (Lipinski definition) is 5. The monoisotopic (exact) mass is 394 g/mol. The molecule has 4 aromatic rings. The summed E-state index contributed by atoms with van der Waals surface area (Å²) in [4.78, 5) is 14.0. The third-order valence-electron chi connectivity index (χ3n) is 5.88. The molecule has 0 saturated carbocycles. The molecule has 4 heterocycles. The van der Waals surface area contributed by atoms with E-state index in [1.54, 1.807) is 0 Å². The van der Waals surface area contributed by atoms with Gasteiger partial charge in [0.15, 0.2) is 5.65 Å². The zero-order chi connectivity index (χ0) is 20.7. The van der Waals surface area contributed by atoms with Gasteiger partial charge in [0.25, 0.3) is 0 Å². The van der Waals surface area contributed by atoms with E-state index in [9.17, 15) is 5.26 Å². The van der Waals surface area contributed by atoms with Gasteiger partial charge in [-0.1, -0.05) is 30.9 Å². The van der Waals surface area contributed by atoms with Crippen LogP contribution in [-0.4, -0.2) is 40.5 Å². The maximum atomic E-state index is 9.86. The first kappa shape index (κ1) is 18.2. The zero-order valence-corrected chi connectivity index (χ0v) is 16.9. The maximum absolute atomic E-state index is 9.86. The molecule has 5 rings (SSSR count). The standard InChI is InChI=1S/C24H22N6/c1-3-18-17(2)19(16-25)23-27-20-8-4-5-9-21(20)30(23)24(18)29-14-12-28(13-15-29)22-10-6-7-11-26-22/h3-11H,1,12-15H2,2H3. The van der Waals surface area contributed by atoms with Crippen LogP contribution in [0.1, 0.15) is 16.7 Å². The summed E-state index contributed by atoms with van der Waals surface area (Å²) in [5.41, 5.74) is 5.14. The topological polar surface area (TPSA) is 60.5 Å². The molecule has 6 nitrogen and oxygen atoms in total. The minimum absolute atomic E-state index is 0.608. The Morgan fingerprint density at radius 3 is 2.47 bits per heavy atom. The Bertz CT molecular complexity index is 1290. The maximum Gasteiger partial charge on any atom is 0.157 e. The van der Waals surface area contributed by atoms with E-state index in [1.807, 2.05) is 49.5 Å². The van der Waals surface area contributed by atoms with Gasteiger partial charge in [0.2, 0.25) is 0 Å². The van der Waals surface area contributed by atoms with Crippen molar-refractivity contribution in [1.29, 1.82) is 5.26 Å². The van der Waals surface area contributed by atoms with E-state index in [0.717, 1.165) is 60.0 Å². The molecule has 0 bridgehead atoms. The molecule has 148 valence electrons. The van der Waals surface area contributed by atoms with Crippen molar-refractivity contribution < 1.29 is 0 Å². The molecule has 1 saturated heterocycles.